The number of alkyl halides is 3. The Balaban J connectivity index is 0.00000288. The molecule has 1 saturated heterocycles. The summed E-state index contributed by atoms with van der Waals surface area (Å²) in [4.78, 5) is 0. The molecule has 24 heavy (non-hydrogen) atoms. The highest BCUT2D eigenvalue weighted by Gasteiger charge is 2.38. The minimum absolute atomic E-state index is 0. The third-order valence-electron chi connectivity index (χ3n) is 4.27. The molecule has 0 saturated carbocycles. The van der Waals surface area contributed by atoms with E-state index in [-0.39, 0.29) is 36.0 Å². The number of nitrogens with zero attached hydrogens (tertiary/aromatic N) is 1. The van der Waals surface area contributed by atoms with Gasteiger partial charge in [-0.2, -0.15) is 13.2 Å². The van der Waals surface area contributed by atoms with E-state index in [0.29, 0.717) is 13.0 Å². The van der Waals surface area contributed by atoms with Crippen molar-refractivity contribution in [3.05, 3.63) is 35.4 Å². The molecule has 0 aliphatic carbocycles. The number of halogens is 4. The largest absolute Gasteiger partial charge is 0.416 e. The molecule has 9 heteroatoms. The molecule has 0 aromatic heterocycles. The van der Waals surface area contributed by atoms with Gasteiger partial charge in [-0.1, -0.05) is 32.0 Å². The Kier molecular flexibility index (Phi) is 6.36. The minimum Gasteiger partial charge on any atom is -0.327 e. The first-order chi connectivity index (χ1) is 10.4. The Hall–Kier alpha value is -0.830. The topological polar surface area (TPSA) is 63.4 Å². The van der Waals surface area contributed by atoms with Crippen molar-refractivity contribution in [3.63, 3.8) is 0 Å². The summed E-state index contributed by atoms with van der Waals surface area (Å²) in [6.07, 6.45) is -3.95. The van der Waals surface area contributed by atoms with Crippen LogP contribution in [-0.4, -0.2) is 31.9 Å². The molecular weight excluding hydrogens is 365 g/mol. The zero-order chi connectivity index (χ0) is 17.5. The summed E-state index contributed by atoms with van der Waals surface area (Å²) in [7, 11) is -3.68. The van der Waals surface area contributed by atoms with Gasteiger partial charge >= 0.3 is 6.18 Å². The van der Waals surface area contributed by atoms with Crippen molar-refractivity contribution < 1.29 is 21.6 Å². The van der Waals surface area contributed by atoms with E-state index in [1.54, 1.807) is 0 Å². The molecule has 138 valence electrons. The van der Waals surface area contributed by atoms with E-state index in [2.05, 4.69) is 0 Å². The van der Waals surface area contributed by atoms with Crippen LogP contribution in [0.15, 0.2) is 24.3 Å². The normalized spacial score (nSPS) is 22.0. The second-order valence-electron chi connectivity index (χ2n) is 6.67. The summed E-state index contributed by atoms with van der Waals surface area (Å²) in [6, 6.07) is 4.34. The summed E-state index contributed by atoms with van der Waals surface area (Å²) >= 11 is 0. The first-order valence-corrected chi connectivity index (χ1v) is 8.92. The van der Waals surface area contributed by atoms with E-state index >= 15 is 0 Å². The summed E-state index contributed by atoms with van der Waals surface area (Å²) in [6.45, 7) is 4.36. The van der Waals surface area contributed by atoms with E-state index in [1.165, 1.54) is 16.4 Å². The van der Waals surface area contributed by atoms with Gasteiger partial charge in [-0.15, -0.1) is 12.4 Å². The number of hydrogen-bond acceptors (Lipinski definition) is 3. The molecule has 1 atom stereocenters. The lowest BCUT2D eigenvalue weighted by Crippen LogP contribution is -2.54. The third-order valence-corrected chi connectivity index (χ3v) is 6.07. The molecule has 2 N–H and O–H groups in total. The Morgan fingerprint density at radius 2 is 1.96 bits per heavy atom. The number of sulfonamides is 1. The lowest BCUT2D eigenvalue weighted by atomic mass is 9.81. The number of hydrogen-bond donors (Lipinski definition) is 1. The lowest BCUT2D eigenvalue weighted by molar-refractivity contribution is -0.137. The van der Waals surface area contributed by atoms with Crippen LogP contribution in [0, 0.1) is 5.41 Å². The lowest BCUT2D eigenvalue weighted by Gasteiger charge is -2.41. The first kappa shape index (κ1) is 21.2. The van der Waals surface area contributed by atoms with Gasteiger partial charge in [0, 0.05) is 19.1 Å². The van der Waals surface area contributed by atoms with Gasteiger partial charge in [-0.05, 0) is 23.5 Å². The molecule has 1 aromatic carbocycles. The molecule has 0 bridgehead atoms. The smallest absolute Gasteiger partial charge is 0.327 e. The number of nitrogens with two attached hydrogens (primary N) is 1. The van der Waals surface area contributed by atoms with E-state index in [4.69, 9.17) is 5.73 Å². The predicted molar refractivity (Wildman–Crippen MR) is 89.3 cm³/mol. The van der Waals surface area contributed by atoms with Gasteiger partial charge in [0.25, 0.3) is 0 Å². The molecule has 1 unspecified atom stereocenters. The van der Waals surface area contributed by atoms with E-state index in [9.17, 15) is 21.6 Å². The van der Waals surface area contributed by atoms with Crippen LogP contribution < -0.4 is 5.73 Å². The van der Waals surface area contributed by atoms with Crippen LogP contribution >= 0.6 is 12.4 Å². The van der Waals surface area contributed by atoms with Crippen LogP contribution in [0.4, 0.5) is 13.2 Å². The molecule has 1 aromatic rings. The van der Waals surface area contributed by atoms with Gasteiger partial charge in [0.15, 0.2) is 0 Å². The van der Waals surface area contributed by atoms with Crippen LogP contribution in [0.25, 0.3) is 0 Å². The first-order valence-electron chi connectivity index (χ1n) is 7.31. The third kappa shape index (κ3) is 4.84. The molecule has 2 rings (SSSR count). The number of benzene rings is 1. The molecule has 1 fully saturated rings. The molecule has 0 radical (unpaired) electrons. The second kappa shape index (κ2) is 7.19. The van der Waals surface area contributed by atoms with E-state index < -0.39 is 27.5 Å². The average molecular weight is 387 g/mol. The predicted octanol–water partition coefficient (Wildman–Crippen LogP) is 3.02. The Morgan fingerprint density at radius 1 is 1.33 bits per heavy atom. The van der Waals surface area contributed by atoms with Crippen molar-refractivity contribution in [2.75, 3.05) is 13.1 Å². The molecule has 1 aliphatic heterocycles. The van der Waals surface area contributed by atoms with Crippen molar-refractivity contribution in [1.82, 2.24) is 4.31 Å². The van der Waals surface area contributed by atoms with Crippen molar-refractivity contribution >= 4 is 22.4 Å². The molecule has 1 heterocycles. The van der Waals surface area contributed by atoms with Crippen molar-refractivity contribution in [3.8, 4) is 0 Å². The zero-order valence-corrected chi connectivity index (χ0v) is 15.1. The summed E-state index contributed by atoms with van der Waals surface area (Å²) in [5, 5.41) is 0. The SMILES string of the molecule is CC1(C)CN(S(=O)(=O)Cc2cccc(C(F)(F)F)c2)CCC1N.Cl. The summed E-state index contributed by atoms with van der Waals surface area (Å²) < 4.78 is 64.5. The van der Waals surface area contributed by atoms with Gasteiger partial charge in [-0.25, -0.2) is 12.7 Å². The van der Waals surface area contributed by atoms with Crippen LogP contribution in [0.2, 0.25) is 0 Å². The van der Waals surface area contributed by atoms with Crippen LogP contribution in [0.3, 0.4) is 0 Å². The quantitative estimate of drug-likeness (QED) is 0.868. The second-order valence-corrected chi connectivity index (χ2v) is 8.64. The van der Waals surface area contributed by atoms with Crippen LogP contribution in [-0.2, 0) is 22.0 Å². The number of piperidine rings is 1. The molecule has 0 amide bonds. The monoisotopic (exact) mass is 386 g/mol. The maximum absolute atomic E-state index is 12.7. The molecular formula is C15H22ClF3N2O2S. The standard InChI is InChI=1S/C15H21F3N2O2S.ClH/c1-14(2)10-20(7-6-13(14)19)23(21,22)9-11-4-3-5-12(8-11)15(16,17)18;/h3-5,8,13H,6-7,9-10,19H2,1-2H3;1H. The van der Waals surface area contributed by atoms with Crippen LogP contribution in [0.5, 0.6) is 0 Å². The fraction of sp³-hybridized carbons (Fsp3) is 0.600. The summed E-state index contributed by atoms with van der Waals surface area (Å²) in [5.41, 5.74) is 4.92. The molecule has 0 spiro atoms. The highest BCUT2D eigenvalue weighted by molar-refractivity contribution is 7.88. The van der Waals surface area contributed by atoms with Gasteiger partial charge < -0.3 is 5.73 Å². The molecule has 4 nitrogen and oxygen atoms in total. The Morgan fingerprint density at radius 3 is 2.50 bits per heavy atom. The van der Waals surface area contributed by atoms with Gasteiger partial charge in [0.1, 0.15) is 0 Å². The molecule has 1 aliphatic rings. The van der Waals surface area contributed by atoms with E-state index in [0.717, 1.165) is 12.1 Å². The maximum atomic E-state index is 12.7. The maximum Gasteiger partial charge on any atom is 0.416 e. The highest BCUT2D eigenvalue weighted by atomic mass is 35.5. The van der Waals surface area contributed by atoms with Crippen molar-refractivity contribution in [2.24, 2.45) is 11.1 Å². The Bertz CT molecular complexity index is 678. The van der Waals surface area contributed by atoms with Crippen molar-refractivity contribution in [1.29, 1.82) is 0 Å². The minimum atomic E-state index is -4.49. The fourth-order valence-corrected chi connectivity index (χ4v) is 4.40. The van der Waals surface area contributed by atoms with Gasteiger partial charge in [0.2, 0.25) is 10.0 Å². The fourth-order valence-electron chi connectivity index (χ4n) is 2.70. The van der Waals surface area contributed by atoms with Gasteiger partial charge in [-0.3, -0.25) is 0 Å². The highest BCUT2D eigenvalue weighted by Crippen LogP contribution is 2.32. The average Bonchev–Trinajstić information content (AvgIpc) is 2.40. The van der Waals surface area contributed by atoms with Gasteiger partial charge in [0.05, 0.1) is 11.3 Å². The number of rotatable bonds is 3. The van der Waals surface area contributed by atoms with Crippen LogP contribution in [0.1, 0.15) is 31.4 Å². The summed E-state index contributed by atoms with van der Waals surface area (Å²) in [5.74, 6) is -0.442. The van der Waals surface area contributed by atoms with E-state index in [1.807, 2.05) is 13.8 Å². The van der Waals surface area contributed by atoms with Crippen molar-refractivity contribution in [2.45, 2.75) is 38.2 Å². The Labute approximate surface area is 146 Å². The zero-order valence-electron chi connectivity index (χ0n) is 13.5.